The molecule has 0 saturated carbocycles. The first-order chi connectivity index (χ1) is 22.4. The fourth-order valence-electron chi connectivity index (χ4n) is 7.22. The number of fused-ring (bicyclic) bond motifs is 3. The number of amides is 1. The second-order valence-electron chi connectivity index (χ2n) is 12.9. The monoisotopic (exact) mass is 635 g/mol. The molecule has 8 rings (SSSR count). The van der Waals surface area contributed by atoms with Crippen LogP contribution in [0.5, 0.6) is 0 Å². The maximum atomic E-state index is 13.9. The highest BCUT2D eigenvalue weighted by Crippen LogP contribution is 2.48. The van der Waals surface area contributed by atoms with E-state index in [1.54, 1.807) is 18.3 Å². The van der Waals surface area contributed by atoms with Gasteiger partial charge in [0.1, 0.15) is 5.82 Å². The second-order valence-corrected chi connectivity index (χ2v) is 14.0. The Kier molecular flexibility index (Phi) is 7.53. The van der Waals surface area contributed by atoms with Crippen molar-refractivity contribution < 1.29 is 13.9 Å². The van der Waals surface area contributed by atoms with Crippen molar-refractivity contribution in [2.45, 2.75) is 71.4 Å². The van der Waals surface area contributed by atoms with Crippen LogP contribution in [0.4, 0.5) is 5.82 Å². The Bertz CT molecular complexity index is 1940. The van der Waals surface area contributed by atoms with Gasteiger partial charge in [-0.25, -0.2) is 4.98 Å². The van der Waals surface area contributed by atoms with Crippen molar-refractivity contribution in [1.82, 2.24) is 30.5 Å². The van der Waals surface area contributed by atoms with E-state index >= 15 is 0 Å². The fraction of sp³-hybridized carbons (Fsp3) is 0.429. The Balaban J connectivity index is 1.29. The van der Waals surface area contributed by atoms with Crippen LogP contribution in [0, 0.1) is 18.8 Å². The van der Waals surface area contributed by atoms with Gasteiger partial charge < -0.3 is 19.8 Å². The predicted octanol–water partition coefficient (Wildman–Crippen LogP) is 7.01. The van der Waals surface area contributed by atoms with Crippen molar-refractivity contribution in [2.24, 2.45) is 11.8 Å². The standard InChI is InChI=1S/C35H37N7O3S/c1-18(2)30-31-29(34(43)40-30)28(27(35-42-41-19(3)45-35)25(38-31)7-6-20-11-15-44-16-12-20)26-17-21-10-14-37-33(32(21)46-26)39-24-9-8-23-22(24)5-4-13-36-23/h4-5,10,13-14,17-18,20,24,30H,6-9,11-12,15-16H2,1-3H3,(H,37,39)(H,40,43). The molecule has 7 heterocycles. The lowest BCUT2D eigenvalue weighted by atomic mass is 9.89. The van der Waals surface area contributed by atoms with Crippen LogP contribution >= 0.6 is 11.3 Å². The summed E-state index contributed by atoms with van der Waals surface area (Å²) in [5, 5.41) is 16.7. The minimum absolute atomic E-state index is 0.117. The highest BCUT2D eigenvalue weighted by Gasteiger charge is 2.39. The summed E-state index contributed by atoms with van der Waals surface area (Å²) in [6, 6.07) is 8.31. The lowest BCUT2D eigenvalue weighted by Crippen LogP contribution is -2.23. The Morgan fingerprint density at radius 3 is 2.74 bits per heavy atom. The highest BCUT2D eigenvalue weighted by atomic mass is 32.1. The molecule has 0 bridgehead atoms. The van der Waals surface area contributed by atoms with Crippen molar-refractivity contribution in [1.29, 1.82) is 0 Å². The summed E-state index contributed by atoms with van der Waals surface area (Å²) >= 11 is 1.64. The van der Waals surface area contributed by atoms with Crippen molar-refractivity contribution in [2.75, 3.05) is 18.5 Å². The Labute approximate surface area is 271 Å². The van der Waals surface area contributed by atoms with Gasteiger partial charge in [-0.1, -0.05) is 19.9 Å². The van der Waals surface area contributed by atoms with E-state index in [1.807, 2.05) is 24.5 Å². The molecule has 1 fully saturated rings. The number of hydrogen-bond acceptors (Lipinski definition) is 10. The number of anilines is 1. The van der Waals surface area contributed by atoms with E-state index in [0.717, 1.165) is 101 Å². The third-order valence-electron chi connectivity index (χ3n) is 9.61. The molecule has 10 nitrogen and oxygen atoms in total. The lowest BCUT2D eigenvalue weighted by Gasteiger charge is -2.23. The number of pyridine rings is 3. The van der Waals surface area contributed by atoms with Gasteiger partial charge in [0.25, 0.3) is 5.91 Å². The van der Waals surface area contributed by atoms with Crippen LogP contribution in [0.2, 0.25) is 0 Å². The molecule has 1 saturated heterocycles. The first-order valence-corrected chi connectivity index (χ1v) is 17.1. The molecular formula is C35H37N7O3S. The summed E-state index contributed by atoms with van der Waals surface area (Å²) in [5.41, 5.74) is 6.25. The quantitative estimate of drug-likeness (QED) is 0.185. The molecule has 2 atom stereocenters. The van der Waals surface area contributed by atoms with E-state index in [0.29, 0.717) is 23.3 Å². The number of carbonyl (C=O) groups excluding carboxylic acids is 1. The smallest absolute Gasteiger partial charge is 0.254 e. The van der Waals surface area contributed by atoms with Crippen molar-refractivity contribution in [3.05, 3.63) is 70.8 Å². The van der Waals surface area contributed by atoms with Crippen LogP contribution in [-0.2, 0) is 17.6 Å². The molecule has 0 aromatic carbocycles. The summed E-state index contributed by atoms with van der Waals surface area (Å²) in [5.74, 6) is 2.32. The number of aromatic nitrogens is 5. The molecule has 11 heteroatoms. The zero-order chi connectivity index (χ0) is 31.4. The molecule has 1 amide bonds. The molecule has 236 valence electrons. The summed E-state index contributed by atoms with van der Waals surface area (Å²) in [4.78, 5) is 29.4. The average Bonchev–Trinajstić information content (AvgIpc) is 3.86. The van der Waals surface area contributed by atoms with Crippen molar-refractivity contribution in [3.63, 3.8) is 0 Å². The summed E-state index contributed by atoms with van der Waals surface area (Å²) in [6.45, 7) is 7.63. The number of thiophene rings is 1. The van der Waals surface area contributed by atoms with Crippen LogP contribution in [0.15, 0.2) is 41.1 Å². The van der Waals surface area contributed by atoms with E-state index in [9.17, 15) is 4.79 Å². The third kappa shape index (κ3) is 5.15. The molecular weight excluding hydrogens is 598 g/mol. The minimum atomic E-state index is -0.175. The number of ether oxygens (including phenoxy) is 1. The topological polar surface area (TPSA) is 128 Å². The van der Waals surface area contributed by atoms with Gasteiger partial charge in [0.15, 0.2) is 0 Å². The maximum Gasteiger partial charge on any atom is 0.254 e. The number of nitrogens with zero attached hydrogens (tertiary/aromatic N) is 5. The van der Waals surface area contributed by atoms with Crippen LogP contribution in [0.1, 0.15) is 90.5 Å². The second kappa shape index (κ2) is 11.9. The zero-order valence-electron chi connectivity index (χ0n) is 26.3. The van der Waals surface area contributed by atoms with Crippen LogP contribution in [-0.4, -0.2) is 44.3 Å². The van der Waals surface area contributed by atoms with Crippen molar-refractivity contribution >= 4 is 33.1 Å². The third-order valence-corrected chi connectivity index (χ3v) is 10.8. The minimum Gasteiger partial charge on any atom is -0.421 e. The van der Waals surface area contributed by atoms with Gasteiger partial charge in [-0.2, -0.15) is 0 Å². The maximum absolute atomic E-state index is 13.9. The average molecular weight is 636 g/mol. The van der Waals surface area contributed by atoms with Gasteiger partial charge >= 0.3 is 0 Å². The molecule has 5 aromatic heterocycles. The van der Waals surface area contributed by atoms with Gasteiger partial charge in [0, 0.05) is 48.7 Å². The van der Waals surface area contributed by atoms with Gasteiger partial charge in [-0.15, -0.1) is 21.5 Å². The van der Waals surface area contributed by atoms with Gasteiger partial charge in [0.05, 0.1) is 39.3 Å². The summed E-state index contributed by atoms with van der Waals surface area (Å²) in [6.07, 6.45) is 9.43. The molecule has 1 aliphatic carbocycles. The van der Waals surface area contributed by atoms with Gasteiger partial charge in [0.2, 0.25) is 11.8 Å². The largest absolute Gasteiger partial charge is 0.421 e. The number of nitrogens with one attached hydrogen (secondary N) is 2. The first kappa shape index (κ1) is 29.2. The zero-order valence-corrected chi connectivity index (χ0v) is 27.1. The highest BCUT2D eigenvalue weighted by molar-refractivity contribution is 7.23. The van der Waals surface area contributed by atoms with Crippen molar-refractivity contribution in [3.8, 4) is 21.9 Å². The molecule has 0 radical (unpaired) electrons. The molecule has 2 N–H and O–H groups in total. The lowest BCUT2D eigenvalue weighted by molar-refractivity contribution is 0.0639. The fourth-order valence-corrected chi connectivity index (χ4v) is 8.39. The predicted molar refractivity (Wildman–Crippen MR) is 177 cm³/mol. The number of hydrogen-bond donors (Lipinski definition) is 2. The molecule has 0 spiro atoms. The Morgan fingerprint density at radius 1 is 1.07 bits per heavy atom. The number of rotatable bonds is 8. The molecule has 2 aliphatic heterocycles. The van der Waals surface area contributed by atoms with E-state index in [4.69, 9.17) is 19.1 Å². The van der Waals surface area contributed by atoms with Gasteiger partial charge in [-0.3, -0.25) is 14.8 Å². The molecule has 5 aromatic rings. The first-order valence-electron chi connectivity index (χ1n) is 16.3. The Hall–Kier alpha value is -4.22. The van der Waals surface area contributed by atoms with E-state index in [1.165, 1.54) is 5.56 Å². The number of aryl methyl sites for hydroxylation is 3. The molecule has 2 unspecified atom stereocenters. The van der Waals surface area contributed by atoms with Crippen LogP contribution < -0.4 is 10.6 Å². The van der Waals surface area contributed by atoms with Crippen LogP contribution in [0.25, 0.3) is 32.0 Å². The summed E-state index contributed by atoms with van der Waals surface area (Å²) < 4.78 is 12.8. The normalized spacial score (nSPS) is 19.5. The molecule has 46 heavy (non-hydrogen) atoms. The Morgan fingerprint density at radius 2 is 1.93 bits per heavy atom. The van der Waals surface area contributed by atoms with E-state index < -0.39 is 0 Å². The molecule has 3 aliphatic rings. The number of carbonyl (C=O) groups is 1. The SMILES string of the molecule is Cc1nnc(-c2c(CCC3CCOCC3)nc3c(c2-c2cc4ccnc(NC5CCc6ncccc65)c4s2)C(=O)NC3C(C)C)o1. The van der Waals surface area contributed by atoms with Gasteiger partial charge in [-0.05, 0) is 79.5 Å². The summed E-state index contributed by atoms with van der Waals surface area (Å²) in [7, 11) is 0. The van der Waals surface area contributed by atoms with E-state index in [-0.39, 0.29) is 23.9 Å². The van der Waals surface area contributed by atoms with E-state index in [2.05, 4.69) is 51.8 Å². The van der Waals surface area contributed by atoms with Crippen LogP contribution in [0.3, 0.4) is 0 Å².